The van der Waals surface area contributed by atoms with Gasteiger partial charge in [-0.25, -0.2) is 4.98 Å². The Morgan fingerprint density at radius 2 is 2.10 bits per heavy atom. The quantitative estimate of drug-likeness (QED) is 0.921. The summed E-state index contributed by atoms with van der Waals surface area (Å²) in [6, 6.07) is 3.01. The Balaban J connectivity index is 2.23. The molecule has 2 rings (SSSR count). The number of nitrogens with two attached hydrogens (primary N) is 1. The molecular weight excluding hydrogens is 246 g/mol. The van der Waals surface area contributed by atoms with Gasteiger partial charge in [0.25, 0.3) is 0 Å². The van der Waals surface area contributed by atoms with Crippen molar-refractivity contribution < 1.29 is 0 Å². The van der Waals surface area contributed by atoms with E-state index in [9.17, 15) is 0 Å². The summed E-state index contributed by atoms with van der Waals surface area (Å²) in [5.41, 5.74) is 8.39. The van der Waals surface area contributed by atoms with Crippen LogP contribution in [-0.4, -0.2) is 23.6 Å². The largest absolute Gasteiger partial charge is 0.353 e. The summed E-state index contributed by atoms with van der Waals surface area (Å²) in [5.74, 6) is 2.62. The second-order valence-electron chi connectivity index (χ2n) is 6.88. The molecule has 4 atom stereocenters. The van der Waals surface area contributed by atoms with Crippen molar-refractivity contribution in [3.8, 4) is 0 Å². The molecule has 1 fully saturated rings. The van der Waals surface area contributed by atoms with Crippen LogP contribution in [0, 0.1) is 18.8 Å². The number of aromatic nitrogens is 1. The van der Waals surface area contributed by atoms with Gasteiger partial charge >= 0.3 is 0 Å². The molecule has 1 aliphatic heterocycles. The van der Waals surface area contributed by atoms with Gasteiger partial charge in [-0.15, -0.1) is 0 Å². The highest BCUT2D eigenvalue weighted by Crippen LogP contribution is 2.32. The molecule has 112 valence electrons. The molecule has 4 unspecified atom stereocenters. The van der Waals surface area contributed by atoms with Crippen LogP contribution in [-0.2, 0) is 6.42 Å². The highest BCUT2D eigenvalue weighted by molar-refractivity contribution is 5.49. The maximum atomic E-state index is 5.88. The fraction of sp³-hybridized carbons (Fsp3) is 0.706. The monoisotopic (exact) mass is 275 g/mol. The average molecular weight is 275 g/mol. The minimum atomic E-state index is 0.191. The van der Waals surface area contributed by atoms with Crippen molar-refractivity contribution in [1.29, 1.82) is 0 Å². The van der Waals surface area contributed by atoms with Crippen LogP contribution in [0.15, 0.2) is 12.3 Å². The molecule has 2 heterocycles. The number of hydrogen-bond acceptors (Lipinski definition) is 3. The number of aryl methyl sites for hydroxylation is 1. The molecule has 2 N–H and O–H groups in total. The molecule has 1 aromatic heterocycles. The lowest BCUT2D eigenvalue weighted by Gasteiger charge is -2.42. The van der Waals surface area contributed by atoms with E-state index >= 15 is 0 Å². The minimum Gasteiger partial charge on any atom is -0.353 e. The molecule has 1 saturated heterocycles. The Bertz CT molecular complexity index is 456. The zero-order valence-corrected chi connectivity index (χ0v) is 13.6. The predicted octanol–water partition coefficient (Wildman–Crippen LogP) is 3.15. The van der Waals surface area contributed by atoms with Crippen LogP contribution in [0.4, 0.5) is 5.82 Å². The van der Waals surface area contributed by atoms with Gasteiger partial charge in [-0.1, -0.05) is 19.9 Å². The van der Waals surface area contributed by atoms with Gasteiger partial charge in [0, 0.05) is 24.8 Å². The second-order valence-corrected chi connectivity index (χ2v) is 6.88. The zero-order chi connectivity index (χ0) is 14.9. The predicted molar refractivity (Wildman–Crippen MR) is 86.1 cm³/mol. The van der Waals surface area contributed by atoms with Gasteiger partial charge in [-0.3, -0.25) is 0 Å². The Morgan fingerprint density at radius 1 is 1.40 bits per heavy atom. The summed E-state index contributed by atoms with van der Waals surface area (Å²) in [4.78, 5) is 7.23. The van der Waals surface area contributed by atoms with Crippen molar-refractivity contribution in [3.63, 3.8) is 0 Å². The summed E-state index contributed by atoms with van der Waals surface area (Å²) in [7, 11) is 0. The van der Waals surface area contributed by atoms with E-state index in [1.165, 1.54) is 17.5 Å². The van der Waals surface area contributed by atoms with E-state index in [0.717, 1.165) is 30.6 Å². The SMILES string of the molecule is Cc1cc(CC(C)N)cnc1N1CC(C)CC(C)C1C. The molecule has 1 aliphatic rings. The van der Waals surface area contributed by atoms with Crippen LogP contribution in [0.3, 0.4) is 0 Å². The molecule has 0 spiro atoms. The lowest BCUT2D eigenvalue weighted by molar-refractivity contribution is 0.295. The summed E-state index contributed by atoms with van der Waals surface area (Å²) in [6.07, 6.45) is 4.22. The first kappa shape index (κ1) is 15.3. The number of rotatable bonds is 3. The molecule has 20 heavy (non-hydrogen) atoms. The third kappa shape index (κ3) is 3.32. The molecular formula is C17H29N3. The zero-order valence-electron chi connectivity index (χ0n) is 13.6. The maximum Gasteiger partial charge on any atom is 0.131 e. The fourth-order valence-electron chi connectivity index (χ4n) is 3.40. The van der Waals surface area contributed by atoms with Crippen molar-refractivity contribution in [2.75, 3.05) is 11.4 Å². The fourth-order valence-corrected chi connectivity index (χ4v) is 3.40. The lowest BCUT2D eigenvalue weighted by atomic mass is 9.86. The lowest BCUT2D eigenvalue weighted by Crippen LogP contribution is -2.46. The average Bonchev–Trinajstić information content (AvgIpc) is 2.33. The van der Waals surface area contributed by atoms with E-state index in [4.69, 9.17) is 10.7 Å². The Labute approximate surface area is 123 Å². The van der Waals surface area contributed by atoms with Gasteiger partial charge in [0.15, 0.2) is 0 Å². The first-order chi connectivity index (χ1) is 9.38. The standard InChI is InChI=1S/C17H29N3/c1-11-6-12(2)15(5)20(10-11)17-13(3)7-16(9-19-17)8-14(4)18/h7,9,11-12,14-15H,6,8,10,18H2,1-5H3. The first-order valence-electron chi connectivity index (χ1n) is 7.86. The summed E-state index contributed by atoms with van der Waals surface area (Å²) >= 11 is 0. The van der Waals surface area contributed by atoms with Crippen LogP contribution in [0.25, 0.3) is 0 Å². The van der Waals surface area contributed by atoms with E-state index in [1.807, 2.05) is 13.1 Å². The highest BCUT2D eigenvalue weighted by atomic mass is 15.2. The normalized spacial score (nSPS) is 28.5. The Morgan fingerprint density at radius 3 is 2.70 bits per heavy atom. The molecule has 0 bridgehead atoms. The Hall–Kier alpha value is -1.09. The van der Waals surface area contributed by atoms with E-state index in [1.54, 1.807) is 0 Å². The first-order valence-corrected chi connectivity index (χ1v) is 7.86. The number of piperidine rings is 1. The number of anilines is 1. The molecule has 0 aromatic carbocycles. The van der Waals surface area contributed by atoms with Crippen LogP contribution in [0.5, 0.6) is 0 Å². The van der Waals surface area contributed by atoms with Gasteiger partial charge in [-0.2, -0.15) is 0 Å². The topological polar surface area (TPSA) is 42.1 Å². The second kappa shape index (κ2) is 6.13. The third-order valence-electron chi connectivity index (χ3n) is 4.53. The van der Waals surface area contributed by atoms with Gasteiger partial charge < -0.3 is 10.6 Å². The molecule has 3 heteroatoms. The van der Waals surface area contributed by atoms with Gasteiger partial charge in [0.05, 0.1) is 0 Å². The van der Waals surface area contributed by atoms with E-state index < -0.39 is 0 Å². The molecule has 0 radical (unpaired) electrons. The number of pyridine rings is 1. The molecule has 0 saturated carbocycles. The van der Waals surface area contributed by atoms with Crippen molar-refractivity contribution >= 4 is 5.82 Å². The van der Waals surface area contributed by atoms with Gasteiger partial charge in [0.2, 0.25) is 0 Å². The molecule has 1 aromatic rings. The van der Waals surface area contributed by atoms with Gasteiger partial charge in [0.1, 0.15) is 5.82 Å². The van der Waals surface area contributed by atoms with Crippen molar-refractivity contribution in [3.05, 3.63) is 23.4 Å². The summed E-state index contributed by atoms with van der Waals surface area (Å²) in [6.45, 7) is 12.4. The third-order valence-corrected chi connectivity index (χ3v) is 4.53. The van der Waals surface area contributed by atoms with Crippen LogP contribution in [0.2, 0.25) is 0 Å². The summed E-state index contributed by atoms with van der Waals surface area (Å²) in [5, 5.41) is 0. The van der Waals surface area contributed by atoms with Crippen molar-refractivity contribution in [2.45, 2.75) is 59.5 Å². The Kier molecular flexibility index (Phi) is 4.69. The molecule has 3 nitrogen and oxygen atoms in total. The number of hydrogen-bond donors (Lipinski definition) is 1. The van der Waals surface area contributed by atoms with Crippen molar-refractivity contribution in [2.24, 2.45) is 17.6 Å². The highest BCUT2D eigenvalue weighted by Gasteiger charge is 2.30. The van der Waals surface area contributed by atoms with E-state index in [-0.39, 0.29) is 6.04 Å². The minimum absolute atomic E-state index is 0.191. The maximum absolute atomic E-state index is 5.88. The van der Waals surface area contributed by atoms with E-state index in [2.05, 4.69) is 38.7 Å². The van der Waals surface area contributed by atoms with E-state index in [0.29, 0.717) is 6.04 Å². The smallest absolute Gasteiger partial charge is 0.131 e. The molecule has 0 amide bonds. The van der Waals surface area contributed by atoms with Gasteiger partial charge in [-0.05, 0) is 56.6 Å². The van der Waals surface area contributed by atoms with Crippen LogP contribution < -0.4 is 10.6 Å². The van der Waals surface area contributed by atoms with Crippen molar-refractivity contribution in [1.82, 2.24) is 4.98 Å². The van der Waals surface area contributed by atoms with Crippen LogP contribution in [0.1, 0.15) is 45.2 Å². The molecule has 0 aliphatic carbocycles. The number of nitrogens with zero attached hydrogens (tertiary/aromatic N) is 2. The summed E-state index contributed by atoms with van der Waals surface area (Å²) < 4.78 is 0. The van der Waals surface area contributed by atoms with Crippen LogP contribution >= 0.6 is 0 Å².